The average Bonchev–Trinajstić information content (AvgIpc) is 2.46. The number of benzene rings is 2. The molecule has 0 amide bonds. The Morgan fingerprint density at radius 3 is 2.42 bits per heavy atom. The fourth-order valence-electron chi connectivity index (χ4n) is 2.20. The molecule has 0 saturated heterocycles. The minimum atomic E-state index is 0.361. The summed E-state index contributed by atoms with van der Waals surface area (Å²) in [4.78, 5) is 0. The molecule has 0 heterocycles. The van der Waals surface area contributed by atoms with Gasteiger partial charge in [0.1, 0.15) is 0 Å². The summed E-state index contributed by atoms with van der Waals surface area (Å²) in [5, 5.41) is 3.62. The number of aryl methyl sites for hydroxylation is 1. The van der Waals surface area contributed by atoms with Gasteiger partial charge in [0.05, 0.1) is 6.04 Å². The summed E-state index contributed by atoms with van der Waals surface area (Å²) in [7, 11) is 0. The Hall–Kier alpha value is -1.28. The van der Waals surface area contributed by atoms with Gasteiger partial charge >= 0.3 is 0 Å². The first-order valence-corrected chi connectivity index (χ1v) is 7.63. The normalized spacial score (nSPS) is 12.2. The molecular weight excluding hydrogens is 298 g/mol. The van der Waals surface area contributed by atoms with Crippen molar-refractivity contribution in [2.24, 2.45) is 0 Å². The van der Waals surface area contributed by atoms with Gasteiger partial charge in [-0.25, -0.2) is 0 Å². The van der Waals surface area contributed by atoms with Gasteiger partial charge in [-0.1, -0.05) is 54.0 Å². The zero-order valence-electron chi connectivity index (χ0n) is 11.5. The van der Waals surface area contributed by atoms with Crippen LogP contribution in [0.5, 0.6) is 0 Å². The third-order valence-electron chi connectivity index (χ3n) is 3.36. The van der Waals surface area contributed by atoms with Crippen LogP contribution in [0.25, 0.3) is 0 Å². The quantitative estimate of drug-likeness (QED) is 0.759. The first kappa shape index (κ1) is 14.1. The first-order valence-electron chi connectivity index (χ1n) is 6.84. The molecule has 19 heavy (non-hydrogen) atoms. The molecule has 1 N–H and O–H groups in total. The molecular formula is C17H20BrN. The molecule has 2 heteroatoms. The van der Waals surface area contributed by atoms with Crippen LogP contribution in [0.4, 0.5) is 5.69 Å². The molecule has 1 unspecified atom stereocenters. The maximum Gasteiger partial charge on any atom is 0.0511 e. The largest absolute Gasteiger partial charge is 0.378 e. The van der Waals surface area contributed by atoms with Crippen molar-refractivity contribution in [3.05, 3.63) is 64.1 Å². The number of rotatable bonds is 5. The Balaban J connectivity index is 2.16. The summed E-state index contributed by atoms with van der Waals surface area (Å²) >= 11 is 3.48. The molecule has 0 fully saturated rings. The van der Waals surface area contributed by atoms with E-state index in [1.54, 1.807) is 0 Å². The number of nitrogens with one attached hydrogen (secondary N) is 1. The van der Waals surface area contributed by atoms with E-state index in [-0.39, 0.29) is 0 Å². The predicted molar refractivity (Wildman–Crippen MR) is 86.6 cm³/mol. The second-order valence-electron chi connectivity index (χ2n) is 4.71. The van der Waals surface area contributed by atoms with Crippen LogP contribution >= 0.6 is 15.9 Å². The van der Waals surface area contributed by atoms with Gasteiger partial charge in [-0.2, -0.15) is 0 Å². The van der Waals surface area contributed by atoms with Crippen molar-refractivity contribution in [1.29, 1.82) is 0 Å². The molecule has 0 aliphatic carbocycles. The highest BCUT2D eigenvalue weighted by molar-refractivity contribution is 9.10. The first-order chi connectivity index (χ1) is 9.22. The van der Waals surface area contributed by atoms with E-state index in [1.165, 1.54) is 16.8 Å². The highest BCUT2D eigenvalue weighted by Crippen LogP contribution is 2.24. The fraction of sp³-hybridized carbons (Fsp3) is 0.294. The van der Waals surface area contributed by atoms with Gasteiger partial charge in [0.2, 0.25) is 0 Å². The molecule has 0 bridgehead atoms. The lowest BCUT2D eigenvalue weighted by Crippen LogP contribution is -2.09. The van der Waals surface area contributed by atoms with Gasteiger partial charge in [0.15, 0.2) is 0 Å². The zero-order chi connectivity index (χ0) is 13.7. The topological polar surface area (TPSA) is 12.0 Å². The van der Waals surface area contributed by atoms with Crippen LogP contribution in [-0.4, -0.2) is 0 Å². The van der Waals surface area contributed by atoms with E-state index < -0.39 is 0 Å². The lowest BCUT2D eigenvalue weighted by molar-refractivity contribution is 0.749. The molecule has 100 valence electrons. The highest BCUT2D eigenvalue weighted by atomic mass is 79.9. The maximum atomic E-state index is 3.62. The van der Waals surface area contributed by atoms with Crippen molar-refractivity contribution in [2.45, 2.75) is 32.7 Å². The summed E-state index contributed by atoms with van der Waals surface area (Å²) in [6.07, 6.45) is 2.14. The predicted octanol–water partition coefficient (Wildman–Crippen LogP) is 5.57. The second kappa shape index (κ2) is 6.76. The van der Waals surface area contributed by atoms with Gasteiger partial charge in [0.25, 0.3) is 0 Å². The Morgan fingerprint density at radius 1 is 1.05 bits per heavy atom. The van der Waals surface area contributed by atoms with Crippen molar-refractivity contribution >= 4 is 21.6 Å². The Labute approximate surface area is 124 Å². The number of halogens is 1. The van der Waals surface area contributed by atoms with Crippen LogP contribution in [0.3, 0.4) is 0 Å². The number of anilines is 1. The average molecular weight is 318 g/mol. The molecule has 0 aromatic heterocycles. The minimum absolute atomic E-state index is 0.361. The van der Waals surface area contributed by atoms with E-state index in [0.717, 1.165) is 17.3 Å². The number of hydrogen-bond donors (Lipinski definition) is 1. The minimum Gasteiger partial charge on any atom is -0.378 e. The summed E-state index contributed by atoms with van der Waals surface area (Å²) in [5.41, 5.74) is 3.90. The van der Waals surface area contributed by atoms with Gasteiger partial charge in [-0.15, -0.1) is 0 Å². The third-order valence-corrected chi connectivity index (χ3v) is 3.89. The van der Waals surface area contributed by atoms with Crippen LogP contribution in [0.2, 0.25) is 0 Å². The third kappa shape index (κ3) is 3.84. The van der Waals surface area contributed by atoms with Crippen LogP contribution in [-0.2, 0) is 6.42 Å². The zero-order valence-corrected chi connectivity index (χ0v) is 13.1. The molecule has 1 atom stereocenters. The molecule has 2 rings (SSSR count). The Kier molecular flexibility index (Phi) is 5.03. The van der Waals surface area contributed by atoms with Crippen LogP contribution in [0.1, 0.15) is 37.4 Å². The van der Waals surface area contributed by atoms with Crippen molar-refractivity contribution < 1.29 is 0 Å². The standard InChI is InChI=1S/C17H20BrN/c1-3-13-6-5-7-16(12-13)19-17(4-2)14-8-10-15(18)11-9-14/h5-12,17,19H,3-4H2,1-2H3. The van der Waals surface area contributed by atoms with Gasteiger partial charge < -0.3 is 5.32 Å². The van der Waals surface area contributed by atoms with E-state index in [2.05, 4.69) is 83.6 Å². The lowest BCUT2D eigenvalue weighted by Gasteiger charge is -2.19. The molecule has 0 saturated carbocycles. The second-order valence-corrected chi connectivity index (χ2v) is 5.63. The Bertz CT molecular complexity index is 519. The van der Waals surface area contributed by atoms with E-state index >= 15 is 0 Å². The monoisotopic (exact) mass is 317 g/mol. The lowest BCUT2D eigenvalue weighted by atomic mass is 10.0. The van der Waals surface area contributed by atoms with Crippen LogP contribution in [0.15, 0.2) is 53.0 Å². The molecule has 0 spiro atoms. The van der Waals surface area contributed by atoms with Gasteiger partial charge in [-0.3, -0.25) is 0 Å². The van der Waals surface area contributed by atoms with E-state index in [1.807, 2.05) is 0 Å². The smallest absolute Gasteiger partial charge is 0.0511 e. The summed E-state index contributed by atoms with van der Waals surface area (Å²) in [5.74, 6) is 0. The summed E-state index contributed by atoms with van der Waals surface area (Å²) < 4.78 is 1.12. The molecule has 2 aromatic carbocycles. The van der Waals surface area contributed by atoms with Crippen LogP contribution < -0.4 is 5.32 Å². The number of hydrogen-bond acceptors (Lipinski definition) is 1. The SMILES string of the molecule is CCc1cccc(NC(CC)c2ccc(Br)cc2)c1. The Morgan fingerprint density at radius 2 is 1.79 bits per heavy atom. The van der Waals surface area contributed by atoms with Crippen LogP contribution in [0, 0.1) is 0 Å². The van der Waals surface area contributed by atoms with Crippen molar-refractivity contribution in [3.8, 4) is 0 Å². The van der Waals surface area contributed by atoms with Crippen molar-refractivity contribution in [3.63, 3.8) is 0 Å². The fourth-order valence-corrected chi connectivity index (χ4v) is 2.46. The van der Waals surface area contributed by atoms with E-state index in [4.69, 9.17) is 0 Å². The molecule has 1 nitrogen and oxygen atoms in total. The van der Waals surface area contributed by atoms with E-state index in [0.29, 0.717) is 6.04 Å². The highest BCUT2D eigenvalue weighted by Gasteiger charge is 2.08. The van der Waals surface area contributed by atoms with E-state index in [9.17, 15) is 0 Å². The summed E-state index contributed by atoms with van der Waals surface area (Å²) in [6.45, 7) is 4.40. The summed E-state index contributed by atoms with van der Waals surface area (Å²) in [6, 6.07) is 17.6. The molecule has 2 aromatic rings. The molecule has 0 radical (unpaired) electrons. The van der Waals surface area contributed by atoms with Gasteiger partial charge in [-0.05, 0) is 48.2 Å². The van der Waals surface area contributed by atoms with Crippen molar-refractivity contribution in [2.75, 3.05) is 5.32 Å². The molecule has 0 aliphatic rings. The van der Waals surface area contributed by atoms with Crippen molar-refractivity contribution in [1.82, 2.24) is 0 Å². The molecule has 0 aliphatic heterocycles. The van der Waals surface area contributed by atoms with Gasteiger partial charge in [0, 0.05) is 10.2 Å². The maximum absolute atomic E-state index is 3.62.